The second-order valence-corrected chi connectivity index (χ2v) is 5.86. The molecule has 0 aliphatic carbocycles. The third kappa shape index (κ3) is 4.70. The van der Waals surface area contributed by atoms with E-state index in [0.29, 0.717) is 17.9 Å². The van der Waals surface area contributed by atoms with E-state index >= 15 is 0 Å². The molecule has 0 fully saturated rings. The van der Waals surface area contributed by atoms with Crippen molar-refractivity contribution in [1.29, 1.82) is 0 Å². The highest BCUT2D eigenvalue weighted by molar-refractivity contribution is 6.30. The highest BCUT2D eigenvalue weighted by Crippen LogP contribution is 2.26. The van der Waals surface area contributed by atoms with Gasteiger partial charge in [-0.2, -0.15) is 0 Å². The van der Waals surface area contributed by atoms with Crippen molar-refractivity contribution in [2.24, 2.45) is 11.8 Å². The van der Waals surface area contributed by atoms with Gasteiger partial charge in [-0.15, -0.1) is 0 Å². The molecular formula is C16H26ClNO. The summed E-state index contributed by atoms with van der Waals surface area (Å²) in [6.07, 6.45) is 0.941. The van der Waals surface area contributed by atoms with Crippen LogP contribution in [-0.2, 0) is 6.42 Å². The number of methoxy groups -OCH3 is 1. The van der Waals surface area contributed by atoms with Gasteiger partial charge in [-0.05, 0) is 48.6 Å². The Morgan fingerprint density at radius 1 is 1.26 bits per heavy atom. The van der Waals surface area contributed by atoms with Crippen LogP contribution in [0.5, 0.6) is 5.75 Å². The van der Waals surface area contributed by atoms with Gasteiger partial charge in [-0.25, -0.2) is 0 Å². The normalized spacial score (nSPS) is 14.5. The lowest BCUT2D eigenvalue weighted by Crippen LogP contribution is -2.39. The van der Waals surface area contributed by atoms with E-state index in [9.17, 15) is 0 Å². The first kappa shape index (κ1) is 16.3. The standard InChI is InChI=1S/C16H26ClNO/c1-6-18-15(12(4)11(2)3)10-13-9-14(17)7-8-16(13)19-5/h7-9,11-12,15,18H,6,10H2,1-5H3. The first-order valence-electron chi connectivity index (χ1n) is 7.05. The summed E-state index contributed by atoms with van der Waals surface area (Å²) in [6, 6.07) is 6.27. The predicted molar refractivity (Wildman–Crippen MR) is 83.2 cm³/mol. The highest BCUT2D eigenvalue weighted by Gasteiger charge is 2.21. The van der Waals surface area contributed by atoms with E-state index in [4.69, 9.17) is 16.3 Å². The summed E-state index contributed by atoms with van der Waals surface area (Å²) in [7, 11) is 1.71. The van der Waals surface area contributed by atoms with Crippen molar-refractivity contribution >= 4 is 11.6 Å². The van der Waals surface area contributed by atoms with Crippen LogP contribution in [-0.4, -0.2) is 19.7 Å². The summed E-state index contributed by atoms with van der Waals surface area (Å²) in [6.45, 7) is 9.96. The zero-order valence-corrected chi connectivity index (χ0v) is 13.4. The Kier molecular flexibility index (Phi) is 6.67. The largest absolute Gasteiger partial charge is 0.496 e. The van der Waals surface area contributed by atoms with Gasteiger partial charge in [-0.1, -0.05) is 39.3 Å². The molecule has 0 aliphatic rings. The molecule has 0 heterocycles. The number of halogens is 1. The number of hydrogen-bond donors (Lipinski definition) is 1. The summed E-state index contributed by atoms with van der Waals surface area (Å²) >= 11 is 6.10. The molecule has 0 amide bonds. The van der Waals surface area contributed by atoms with E-state index < -0.39 is 0 Å². The number of benzene rings is 1. The van der Waals surface area contributed by atoms with Crippen LogP contribution in [0.25, 0.3) is 0 Å². The average Bonchev–Trinajstić information content (AvgIpc) is 2.37. The number of hydrogen-bond acceptors (Lipinski definition) is 2. The topological polar surface area (TPSA) is 21.3 Å². The van der Waals surface area contributed by atoms with Crippen molar-refractivity contribution < 1.29 is 4.74 Å². The molecule has 0 saturated heterocycles. The minimum Gasteiger partial charge on any atom is -0.496 e. The lowest BCUT2D eigenvalue weighted by atomic mass is 9.86. The first-order chi connectivity index (χ1) is 8.99. The molecule has 1 aromatic carbocycles. The van der Waals surface area contributed by atoms with Gasteiger partial charge in [0.25, 0.3) is 0 Å². The van der Waals surface area contributed by atoms with E-state index in [2.05, 4.69) is 33.0 Å². The molecule has 2 nitrogen and oxygen atoms in total. The molecule has 2 unspecified atom stereocenters. The van der Waals surface area contributed by atoms with E-state index in [-0.39, 0.29) is 0 Å². The van der Waals surface area contributed by atoms with Gasteiger partial charge in [0.15, 0.2) is 0 Å². The Bertz CT molecular complexity index is 392. The number of ether oxygens (including phenoxy) is 1. The fraction of sp³-hybridized carbons (Fsp3) is 0.625. The summed E-state index contributed by atoms with van der Waals surface area (Å²) in [5.41, 5.74) is 1.17. The van der Waals surface area contributed by atoms with Crippen LogP contribution in [0.4, 0.5) is 0 Å². The van der Waals surface area contributed by atoms with Gasteiger partial charge < -0.3 is 10.1 Å². The first-order valence-corrected chi connectivity index (χ1v) is 7.43. The van der Waals surface area contributed by atoms with Crippen molar-refractivity contribution in [2.75, 3.05) is 13.7 Å². The lowest BCUT2D eigenvalue weighted by Gasteiger charge is -2.28. The van der Waals surface area contributed by atoms with Crippen LogP contribution in [0.1, 0.15) is 33.3 Å². The van der Waals surface area contributed by atoms with Crippen LogP contribution in [0.3, 0.4) is 0 Å². The molecule has 0 bridgehead atoms. The summed E-state index contributed by atoms with van der Waals surface area (Å²) < 4.78 is 5.43. The zero-order chi connectivity index (χ0) is 14.4. The second-order valence-electron chi connectivity index (χ2n) is 5.43. The van der Waals surface area contributed by atoms with Gasteiger partial charge in [-0.3, -0.25) is 0 Å². The Morgan fingerprint density at radius 2 is 1.95 bits per heavy atom. The van der Waals surface area contributed by atoms with Gasteiger partial charge in [0.1, 0.15) is 5.75 Å². The van der Waals surface area contributed by atoms with Crippen molar-refractivity contribution in [3.8, 4) is 5.75 Å². The van der Waals surface area contributed by atoms with Crippen LogP contribution >= 0.6 is 11.6 Å². The molecule has 0 spiro atoms. The smallest absolute Gasteiger partial charge is 0.122 e. The van der Waals surface area contributed by atoms with Crippen molar-refractivity contribution in [3.63, 3.8) is 0 Å². The van der Waals surface area contributed by atoms with Crippen LogP contribution in [0.2, 0.25) is 5.02 Å². The quantitative estimate of drug-likeness (QED) is 0.811. The monoisotopic (exact) mass is 283 g/mol. The molecular weight excluding hydrogens is 258 g/mol. The van der Waals surface area contributed by atoms with Crippen LogP contribution < -0.4 is 10.1 Å². The van der Waals surface area contributed by atoms with Crippen molar-refractivity contribution in [2.45, 2.75) is 40.2 Å². The Balaban J connectivity index is 2.92. The van der Waals surface area contributed by atoms with E-state index in [0.717, 1.165) is 23.7 Å². The summed E-state index contributed by atoms with van der Waals surface area (Å²) in [4.78, 5) is 0. The van der Waals surface area contributed by atoms with Crippen LogP contribution in [0, 0.1) is 11.8 Å². The molecule has 108 valence electrons. The van der Waals surface area contributed by atoms with E-state index in [1.165, 1.54) is 5.56 Å². The molecule has 0 radical (unpaired) electrons. The molecule has 2 atom stereocenters. The minimum absolute atomic E-state index is 0.442. The van der Waals surface area contributed by atoms with Gasteiger partial charge in [0.05, 0.1) is 7.11 Å². The van der Waals surface area contributed by atoms with Gasteiger partial charge in [0, 0.05) is 11.1 Å². The molecule has 19 heavy (non-hydrogen) atoms. The molecule has 1 N–H and O–H groups in total. The fourth-order valence-corrected chi connectivity index (χ4v) is 2.51. The molecule has 3 heteroatoms. The van der Waals surface area contributed by atoms with Crippen molar-refractivity contribution in [3.05, 3.63) is 28.8 Å². The minimum atomic E-state index is 0.442. The molecule has 1 aromatic rings. The molecule has 0 aromatic heterocycles. The average molecular weight is 284 g/mol. The third-order valence-corrected chi connectivity index (χ3v) is 4.07. The Hall–Kier alpha value is -0.730. The second kappa shape index (κ2) is 7.76. The number of likely N-dealkylation sites (N-methyl/N-ethyl adjacent to an activating group) is 1. The lowest BCUT2D eigenvalue weighted by molar-refractivity contribution is 0.297. The third-order valence-electron chi connectivity index (χ3n) is 3.83. The Morgan fingerprint density at radius 3 is 2.47 bits per heavy atom. The predicted octanol–water partition coefficient (Wildman–Crippen LogP) is 4.16. The zero-order valence-electron chi connectivity index (χ0n) is 12.7. The van der Waals surface area contributed by atoms with E-state index in [1.807, 2.05) is 18.2 Å². The molecule has 0 aliphatic heterocycles. The van der Waals surface area contributed by atoms with Gasteiger partial charge >= 0.3 is 0 Å². The van der Waals surface area contributed by atoms with E-state index in [1.54, 1.807) is 7.11 Å². The summed E-state index contributed by atoms with van der Waals surface area (Å²) in [5, 5.41) is 4.35. The summed E-state index contributed by atoms with van der Waals surface area (Å²) in [5.74, 6) is 2.17. The maximum Gasteiger partial charge on any atom is 0.122 e. The molecule has 1 rings (SSSR count). The SMILES string of the molecule is CCNC(Cc1cc(Cl)ccc1OC)C(C)C(C)C. The maximum atomic E-state index is 6.10. The highest BCUT2D eigenvalue weighted by atomic mass is 35.5. The van der Waals surface area contributed by atoms with Crippen LogP contribution in [0.15, 0.2) is 18.2 Å². The fourth-order valence-electron chi connectivity index (χ4n) is 2.31. The number of rotatable bonds is 7. The Labute approximate surface area is 122 Å². The van der Waals surface area contributed by atoms with Crippen molar-refractivity contribution in [1.82, 2.24) is 5.32 Å². The van der Waals surface area contributed by atoms with Gasteiger partial charge in [0.2, 0.25) is 0 Å². The molecule has 0 saturated carbocycles. The maximum absolute atomic E-state index is 6.10. The number of nitrogens with one attached hydrogen (secondary N) is 1.